The quantitative estimate of drug-likeness (QED) is 0.269. The van der Waals surface area contributed by atoms with Gasteiger partial charge in [-0.2, -0.15) is 0 Å². The lowest BCUT2D eigenvalue weighted by Crippen LogP contribution is -2.15. The number of pyridine rings is 1. The average molecular weight is 448 g/mol. The number of fused-ring (bicyclic) bond motifs is 6. The molecule has 0 N–H and O–H groups in total. The summed E-state index contributed by atoms with van der Waals surface area (Å²) in [6.07, 6.45) is 3.10. The highest BCUT2D eigenvalue weighted by Gasteiger charge is 2.36. The summed E-state index contributed by atoms with van der Waals surface area (Å²) in [6.45, 7) is 11.5. The van der Waals surface area contributed by atoms with Gasteiger partial charge in [0.2, 0.25) is 0 Å². The number of nitrogens with zero attached hydrogens (tertiary/aromatic N) is 1. The fourth-order valence-electron chi connectivity index (χ4n) is 5.72. The Morgan fingerprint density at radius 1 is 0.909 bits per heavy atom. The fourth-order valence-corrected chi connectivity index (χ4v) is 6.99. The van der Waals surface area contributed by atoms with E-state index in [1.54, 1.807) is 0 Å². The first-order valence-corrected chi connectivity index (χ1v) is 12.7. The van der Waals surface area contributed by atoms with Gasteiger partial charge in [0.15, 0.2) is 0 Å². The maximum absolute atomic E-state index is 4.92. The van der Waals surface area contributed by atoms with Crippen LogP contribution in [0.1, 0.15) is 49.9 Å². The van der Waals surface area contributed by atoms with Crippen molar-refractivity contribution in [1.29, 1.82) is 0 Å². The Bertz CT molecular complexity index is 1550. The highest BCUT2D eigenvalue weighted by molar-refractivity contribution is 7.26. The van der Waals surface area contributed by atoms with E-state index in [0.717, 1.165) is 12.1 Å². The number of rotatable bonds is 3. The Morgan fingerprint density at radius 2 is 1.73 bits per heavy atom. The molecule has 0 saturated carbocycles. The first kappa shape index (κ1) is 20.6. The van der Waals surface area contributed by atoms with Gasteiger partial charge in [-0.05, 0) is 76.9 Å². The molecule has 2 heterocycles. The molecule has 0 spiro atoms. The van der Waals surface area contributed by atoms with Gasteiger partial charge in [-0.25, -0.2) is 0 Å². The topological polar surface area (TPSA) is 12.9 Å². The third-order valence-electron chi connectivity index (χ3n) is 7.25. The predicted octanol–water partition coefficient (Wildman–Crippen LogP) is 8.93. The minimum atomic E-state index is -0.00744. The maximum atomic E-state index is 4.92. The zero-order valence-electron chi connectivity index (χ0n) is 20.0. The smallest absolute Gasteiger partial charge is 0.0880 e. The van der Waals surface area contributed by atoms with E-state index in [2.05, 4.69) is 95.3 Å². The summed E-state index contributed by atoms with van der Waals surface area (Å²) in [5.41, 5.74) is 10.7. The van der Waals surface area contributed by atoms with Gasteiger partial charge < -0.3 is 0 Å². The van der Waals surface area contributed by atoms with Crippen LogP contribution in [0.3, 0.4) is 0 Å². The molecule has 33 heavy (non-hydrogen) atoms. The van der Waals surface area contributed by atoms with Crippen LogP contribution in [0.4, 0.5) is 0 Å². The van der Waals surface area contributed by atoms with Crippen LogP contribution in [0, 0.1) is 12.8 Å². The summed E-state index contributed by atoms with van der Waals surface area (Å²) in [4.78, 5) is 4.92. The molecule has 0 unspecified atom stereocenters. The summed E-state index contributed by atoms with van der Waals surface area (Å²) < 4.78 is 2.66. The molecule has 0 amide bonds. The third-order valence-corrected chi connectivity index (χ3v) is 8.42. The normalized spacial score (nSPS) is 14.2. The van der Waals surface area contributed by atoms with Crippen molar-refractivity contribution in [3.8, 4) is 22.4 Å². The molecular formula is C31H29NS. The van der Waals surface area contributed by atoms with E-state index in [1.807, 2.05) is 17.5 Å². The molecule has 0 bridgehead atoms. The summed E-state index contributed by atoms with van der Waals surface area (Å²) >= 11 is 1.89. The van der Waals surface area contributed by atoms with Gasteiger partial charge in [-0.3, -0.25) is 4.98 Å². The third kappa shape index (κ3) is 3.08. The minimum absolute atomic E-state index is 0.00744. The number of hydrogen-bond donors (Lipinski definition) is 0. The van der Waals surface area contributed by atoms with E-state index in [-0.39, 0.29) is 5.41 Å². The second-order valence-electron chi connectivity index (χ2n) is 10.5. The molecule has 0 radical (unpaired) electrons. The molecule has 0 atom stereocenters. The zero-order chi connectivity index (χ0) is 22.9. The number of aromatic nitrogens is 1. The molecule has 164 valence electrons. The van der Waals surface area contributed by atoms with Gasteiger partial charge in [-0.1, -0.05) is 64.1 Å². The molecule has 3 aromatic carbocycles. The van der Waals surface area contributed by atoms with Gasteiger partial charge in [0.25, 0.3) is 0 Å². The lowest BCUT2D eigenvalue weighted by atomic mass is 9.81. The predicted molar refractivity (Wildman–Crippen MR) is 143 cm³/mol. The van der Waals surface area contributed by atoms with Crippen LogP contribution in [0.15, 0.2) is 66.9 Å². The van der Waals surface area contributed by atoms with Crippen LogP contribution < -0.4 is 0 Å². The molecule has 2 heteroatoms. The lowest BCUT2D eigenvalue weighted by Gasteiger charge is -2.22. The number of aryl methyl sites for hydroxylation is 1. The summed E-state index contributed by atoms with van der Waals surface area (Å²) in [6, 6.07) is 22.8. The second-order valence-corrected chi connectivity index (χ2v) is 11.5. The fraction of sp³-hybridized carbons (Fsp3) is 0.258. The van der Waals surface area contributed by atoms with E-state index >= 15 is 0 Å². The van der Waals surface area contributed by atoms with Gasteiger partial charge in [0, 0.05) is 32.6 Å². The largest absolute Gasteiger partial charge is 0.255 e. The van der Waals surface area contributed by atoms with E-state index in [0.29, 0.717) is 5.92 Å². The molecule has 5 aromatic rings. The highest BCUT2D eigenvalue weighted by Crippen LogP contribution is 2.51. The molecule has 0 fully saturated rings. The van der Waals surface area contributed by atoms with Crippen LogP contribution in [-0.2, 0) is 11.8 Å². The summed E-state index contributed by atoms with van der Waals surface area (Å²) in [5.74, 6) is 0.663. The van der Waals surface area contributed by atoms with E-state index in [9.17, 15) is 0 Å². The van der Waals surface area contributed by atoms with Gasteiger partial charge in [-0.15, -0.1) is 11.3 Å². The van der Waals surface area contributed by atoms with E-state index in [4.69, 9.17) is 4.98 Å². The molecule has 2 aromatic heterocycles. The molecular weight excluding hydrogens is 418 g/mol. The second kappa shape index (κ2) is 7.27. The van der Waals surface area contributed by atoms with Crippen molar-refractivity contribution in [3.05, 3.63) is 89.1 Å². The van der Waals surface area contributed by atoms with Gasteiger partial charge in [0.1, 0.15) is 0 Å². The molecule has 0 saturated heterocycles. The SMILES string of the molecule is Cc1cc(-c2nccc3c2sc2cc(CC(C)C)ccc23)cc2c1-c1ccccc1C2(C)C. The average Bonchev–Trinajstić information content (AvgIpc) is 3.26. The Kier molecular flexibility index (Phi) is 4.54. The van der Waals surface area contributed by atoms with Crippen LogP contribution >= 0.6 is 11.3 Å². The van der Waals surface area contributed by atoms with Crippen LogP contribution in [0.25, 0.3) is 42.6 Å². The molecule has 1 nitrogen and oxygen atoms in total. The van der Waals surface area contributed by atoms with Crippen LogP contribution in [0.5, 0.6) is 0 Å². The van der Waals surface area contributed by atoms with Crippen molar-refractivity contribution in [2.24, 2.45) is 5.92 Å². The highest BCUT2D eigenvalue weighted by atomic mass is 32.1. The lowest BCUT2D eigenvalue weighted by molar-refractivity contribution is 0.648. The van der Waals surface area contributed by atoms with Crippen molar-refractivity contribution in [3.63, 3.8) is 0 Å². The van der Waals surface area contributed by atoms with Crippen molar-refractivity contribution in [1.82, 2.24) is 4.98 Å². The monoisotopic (exact) mass is 447 g/mol. The Morgan fingerprint density at radius 3 is 2.55 bits per heavy atom. The standard InChI is InChI=1S/C31H29NS/c1-18(2)14-20-10-11-22-23-12-13-32-29(30(23)33-27(22)16-20)21-15-19(3)28-24-8-6-7-9-25(24)31(4,5)26(28)17-21/h6-13,15-18H,14H2,1-5H3. The number of thiophene rings is 1. The minimum Gasteiger partial charge on any atom is -0.255 e. The zero-order valence-corrected chi connectivity index (χ0v) is 20.8. The molecule has 6 rings (SSSR count). The van der Waals surface area contributed by atoms with Crippen molar-refractivity contribution in [2.45, 2.75) is 46.5 Å². The summed E-state index contributed by atoms with van der Waals surface area (Å²) in [7, 11) is 0. The first-order valence-electron chi connectivity index (χ1n) is 11.9. The van der Waals surface area contributed by atoms with Crippen LogP contribution in [0.2, 0.25) is 0 Å². The van der Waals surface area contributed by atoms with Crippen molar-refractivity contribution >= 4 is 31.5 Å². The summed E-state index contributed by atoms with van der Waals surface area (Å²) in [5, 5.41) is 2.66. The Labute approximate surface area is 200 Å². The Balaban J connectivity index is 1.56. The van der Waals surface area contributed by atoms with E-state index in [1.165, 1.54) is 59.1 Å². The number of benzene rings is 3. The van der Waals surface area contributed by atoms with Gasteiger partial charge in [0.05, 0.1) is 10.4 Å². The van der Waals surface area contributed by atoms with Crippen molar-refractivity contribution in [2.75, 3.05) is 0 Å². The number of hydrogen-bond acceptors (Lipinski definition) is 2. The maximum Gasteiger partial charge on any atom is 0.0880 e. The van der Waals surface area contributed by atoms with Gasteiger partial charge >= 0.3 is 0 Å². The van der Waals surface area contributed by atoms with Crippen LogP contribution in [-0.4, -0.2) is 4.98 Å². The van der Waals surface area contributed by atoms with E-state index < -0.39 is 0 Å². The molecule has 0 aliphatic heterocycles. The Hall–Kier alpha value is -2.97. The first-order chi connectivity index (χ1) is 15.8. The molecule has 1 aliphatic carbocycles. The molecule has 1 aliphatic rings. The van der Waals surface area contributed by atoms with Crippen molar-refractivity contribution < 1.29 is 0 Å².